The molecule has 2 nitrogen and oxygen atoms in total. The van der Waals surface area contributed by atoms with Crippen molar-refractivity contribution in [2.75, 3.05) is 6.61 Å². The Morgan fingerprint density at radius 3 is 2.58 bits per heavy atom. The molecule has 0 aliphatic heterocycles. The van der Waals surface area contributed by atoms with E-state index >= 15 is 0 Å². The Labute approximate surface area is 73.9 Å². The standard InChI is InChI=1S/C10H18O2/c1-2-12-9-7-8(11)10(9)5-3-4-6-10/h8-9,11H,2-7H2,1H3/t8-,9+/m0/s1. The lowest BCUT2D eigenvalue weighted by Crippen LogP contribution is -2.56. The largest absolute Gasteiger partial charge is 0.392 e. The smallest absolute Gasteiger partial charge is 0.0680 e. The topological polar surface area (TPSA) is 29.5 Å². The van der Waals surface area contributed by atoms with Crippen molar-refractivity contribution in [3.05, 3.63) is 0 Å². The third-order valence-electron chi connectivity index (χ3n) is 3.64. The second-order valence-corrected chi connectivity index (χ2v) is 4.14. The van der Waals surface area contributed by atoms with Gasteiger partial charge in [0.2, 0.25) is 0 Å². The molecular weight excluding hydrogens is 152 g/mol. The number of aliphatic hydroxyl groups is 1. The van der Waals surface area contributed by atoms with Crippen LogP contribution in [0.3, 0.4) is 0 Å². The lowest BCUT2D eigenvalue weighted by molar-refractivity contribution is -0.187. The molecule has 1 spiro atoms. The van der Waals surface area contributed by atoms with Crippen molar-refractivity contribution in [1.29, 1.82) is 0 Å². The molecule has 2 heteroatoms. The zero-order valence-electron chi connectivity index (χ0n) is 7.75. The lowest BCUT2D eigenvalue weighted by atomic mass is 9.62. The van der Waals surface area contributed by atoms with Gasteiger partial charge in [0.1, 0.15) is 0 Å². The van der Waals surface area contributed by atoms with Crippen LogP contribution in [0.15, 0.2) is 0 Å². The van der Waals surface area contributed by atoms with Crippen molar-refractivity contribution >= 4 is 0 Å². The SMILES string of the molecule is CCO[C@@H]1C[C@H](O)C12CCCC2. The Kier molecular flexibility index (Phi) is 2.13. The number of hydrogen-bond acceptors (Lipinski definition) is 2. The highest BCUT2D eigenvalue weighted by Gasteiger charge is 2.55. The molecule has 0 aromatic carbocycles. The summed E-state index contributed by atoms with van der Waals surface area (Å²) < 4.78 is 5.63. The summed E-state index contributed by atoms with van der Waals surface area (Å²) in [5.74, 6) is 0. The first kappa shape index (κ1) is 8.52. The molecule has 0 unspecified atom stereocenters. The van der Waals surface area contributed by atoms with E-state index in [1.54, 1.807) is 0 Å². The maximum Gasteiger partial charge on any atom is 0.0680 e. The summed E-state index contributed by atoms with van der Waals surface area (Å²) in [6, 6.07) is 0. The third-order valence-corrected chi connectivity index (χ3v) is 3.64. The van der Waals surface area contributed by atoms with E-state index in [1.165, 1.54) is 25.7 Å². The van der Waals surface area contributed by atoms with Crippen LogP contribution < -0.4 is 0 Å². The molecule has 0 heterocycles. The average molecular weight is 170 g/mol. The molecule has 0 amide bonds. The molecule has 0 bridgehead atoms. The van der Waals surface area contributed by atoms with Gasteiger partial charge in [-0.15, -0.1) is 0 Å². The minimum atomic E-state index is -0.0726. The fourth-order valence-corrected chi connectivity index (χ4v) is 2.85. The van der Waals surface area contributed by atoms with Crippen LogP contribution in [-0.2, 0) is 4.74 Å². The van der Waals surface area contributed by atoms with E-state index in [2.05, 4.69) is 0 Å². The molecule has 2 aliphatic carbocycles. The fraction of sp³-hybridized carbons (Fsp3) is 1.00. The van der Waals surface area contributed by atoms with Crippen molar-refractivity contribution in [3.8, 4) is 0 Å². The van der Waals surface area contributed by atoms with Gasteiger partial charge in [0.05, 0.1) is 12.2 Å². The van der Waals surface area contributed by atoms with E-state index in [0.717, 1.165) is 13.0 Å². The van der Waals surface area contributed by atoms with Gasteiger partial charge in [-0.2, -0.15) is 0 Å². The van der Waals surface area contributed by atoms with Crippen LogP contribution in [0, 0.1) is 5.41 Å². The average Bonchev–Trinajstić information content (AvgIpc) is 2.55. The Balaban J connectivity index is 2.00. The molecule has 0 aromatic heterocycles. The van der Waals surface area contributed by atoms with Gasteiger partial charge in [0, 0.05) is 18.4 Å². The Hall–Kier alpha value is -0.0800. The van der Waals surface area contributed by atoms with E-state index in [0.29, 0.717) is 6.10 Å². The van der Waals surface area contributed by atoms with E-state index in [9.17, 15) is 5.11 Å². The van der Waals surface area contributed by atoms with Gasteiger partial charge in [-0.05, 0) is 19.8 Å². The predicted molar refractivity (Wildman–Crippen MR) is 46.9 cm³/mol. The summed E-state index contributed by atoms with van der Waals surface area (Å²) in [5.41, 5.74) is 0.177. The van der Waals surface area contributed by atoms with Crippen LogP contribution in [0.2, 0.25) is 0 Å². The zero-order valence-corrected chi connectivity index (χ0v) is 7.75. The summed E-state index contributed by atoms with van der Waals surface area (Å²) in [6.45, 7) is 2.83. The fourth-order valence-electron chi connectivity index (χ4n) is 2.85. The molecular formula is C10H18O2. The number of aliphatic hydroxyl groups excluding tert-OH is 1. The van der Waals surface area contributed by atoms with Gasteiger partial charge in [-0.25, -0.2) is 0 Å². The highest BCUT2D eigenvalue weighted by Crippen LogP contribution is 2.54. The van der Waals surface area contributed by atoms with Gasteiger partial charge in [0.25, 0.3) is 0 Å². The molecule has 0 saturated heterocycles. The molecule has 2 rings (SSSR count). The van der Waals surface area contributed by atoms with Gasteiger partial charge in [-0.1, -0.05) is 12.8 Å². The van der Waals surface area contributed by atoms with E-state index in [1.807, 2.05) is 6.92 Å². The monoisotopic (exact) mass is 170 g/mol. The highest BCUT2D eigenvalue weighted by atomic mass is 16.5. The zero-order chi connectivity index (χ0) is 8.60. The summed E-state index contributed by atoms with van der Waals surface area (Å²) in [6.07, 6.45) is 6.07. The molecule has 70 valence electrons. The minimum absolute atomic E-state index is 0.0726. The first-order valence-corrected chi connectivity index (χ1v) is 5.09. The Morgan fingerprint density at radius 1 is 1.42 bits per heavy atom. The van der Waals surface area contributed by atoms with Crippen molar-refractivity contribution in [1.82, 2.24) is 0 Å². The second kappa shape index (κ2) is 3.00. The van der Waals surface area contributed by atoms with Gasteiger partial charge in [-0.3, -0.25) is 0 Å². The van der Waals surface area contributed by atoms with Crippen LogP contribution in [0.25, 0.3) is 0 Å². The van der Waals surface area contributed by atoms with E-state index in [4.69, 9.17) is 4.74 Å². The molecule has 1 N–H and O–H groups in total. The van der Waals surface area contributed by atoms with E-state index in [-0.39, 0.29) is 11.5 Å². The van der Waals surface area contributed by atoms with Crippen LogP contribution in [0.1, 0.15) is 39.0 Å². The maximum absolute atomic E-state index is 9.72. The van der Waals surface area contributed by atoms with Gasteiger partial charge in [0.15, 0.2) is 0 Å². The van der Waals surface area contributed by atoms with Crippen molar-refractivity contribution in [3.63, 3.8) is 0 Å². The minimum Gasteiger partial charge on any atom is -0.392 e. The number of rotatable bonds is 2. The normalized spacial score (nSPS) is 38.5. The Morgan fingerprint density at radius 2 is 2.08 bits per heavy atom. The summed E-state index contributed by atoms with van der Waals surface area (Å²) in [5, 5.41) is 9.72. The number of hydrogen-bond donors (Lipinski definition) is 1. The molecule has 2 atom stereocenters. The van der Waals surface area contributed by atoms with Crippen molar-refractivity contribution < 1.29 is 9.84 Å². The molecule has 0 aromatic rings. The Bertz CT molecular complexity index is 159. The first-order chi connectivity index (χ1) is 5.79. The summed E-state index contributed by atoms with van der Waals surface area (Å²) in [7, 11) is 0. The van der Waals surface area contributed by atoms with E-state index < -0.39 is 0 Å². The maximum atomic E-state index is 9.72. The van der Waals surface area contributed by atoms with Crippen LogP contribution >= 0.6 is 0 Å². The molecule has 12 heavy (non-hydrogen) atoms. The second-order valence-electron chi connectivity index (χ2n) is 4.14. The quantitative estimate of drug-likeness (QED) is 0.683. The molecule has 2 fully saturated rings. The van der Waals surface area contributed by atoms with Crippen molar-refractivity contribution in [2.24, 2.45) is 5.41 Å². The summed E-state index contributed by atoms with van der Waals surface area (Å²) >= 11 is 0. The van der Waals surface area contributed by atoms with Gasteiger partial charge < -0.3 is 9.84 Å². The lowest BCUT2D eigenvalue weighted by Gasteiger charge is -2.51. The van der Waals surface area contributed by atoms with Crippen LogP contribution in [-0.4, -0.2) is 23.9 Å². The van der Waals surface area contributed by atoms with Crippen molar-refractivity contribution in [2.45, 2.75) is 51.2 Å². The van der Waals surface area contributed by atoms with Crippen LogP contribution in [0.4, 0.5) is 0 Å². The molecule has 2 aliphatic rings. The van der Waals surface area contributed by atoms with Crippen LogP contribution in [0.5, 0.6) is 0 Å². The molecule has 0 radical (unpaired) electrons. The first-order valence-electron chi connectivity index (χ1n) is 5.09. The number of ether oxygens (including phenoxy) is 1. The predicted octanol–water partition coefficient (Wildman–Crippen LogP) is 1.72. The third kappa shape index (κ3) is 1.01. The van der Waals surface area contributed by atoms with Gasteiger partial charge >= 0.3 is 0 Å². The molecule has 2 saturated carbocycles. The highest BCUT2D eigenvalue weighted by molar-refractivity contribution is 5.06. The summed E-state index contributed by atoms with van der Waals surface area (Å²) in [4.78, 5) is 0.